The Labute approximate surface area is 79.5 Å². The van der Waals surface area contributed by atoms with Crippen LogP contribution in [0.15, 0.2) is 12.4 Å². The quantitative estimate of drug-likeness (QED) is 0.664. The first-order valence-electron chi connectivity index (χ1n) is 3.75. The predicted octanol–water partition coefficient (Wildman–Crippen LogP) is -0.695. The zero-order chi connectivity index (χ0) is 10.4. The topological polar surface area (TPSA) is 108 Å². The standard InChI is InChI=1S/C7H9N3O4/c8-6(12)14-5-3-9-7(10-4-5)13-2-1-11/h3-4,11H,1-2H2,(H2,8,12). The van der Waals surface area contributed by atoms with Gasteiger partial charge >= 0.3 is 12.1 Å². The molecule has 0 aliphatic rings. The molecule has 0 aliphatic carbocycles. The number of nitrogens with two attached hydrogens (primary N) is 1. The maximum absolute atomic E-state index is 10.3. The number of aliphatic hydroxyl groups excluding tert-OH is 1. The summed E-state index contributed by atoms with van der Waals surface area (Å²) in [5, 5.41) is 8.43. The lowest BCUT2D eigenvalue weighted by atomic mass is 10.6. The Balaban J connectivity index is 2.54. The van der Waals surface area contributed by atoms with E-state index in [9.17, 15) is 4.79 Å². The number of nitrogens with zero attached hydrogens (tertiary/aromatic N) is 2. The summed E-state index contributed by atoms with van der Waals surface area (Å²) in [6, 6.07) is 0.0934. The van der Waals surface area contributed by atoms with Gasteiger partial charge in [-0.2, -0.15) is 9.97 Å². The van der Waals surface area contributed by atoms with E-state index in [4.69, 9.17) is 15.6 Å². The molecular formula is C7H9N3O4. The van der Waals surface area contributed by atoms with Crippen molar-refractivity contribution < 1.29 is 19.4 Å². The van der Waals surface area contributed by atoms with Crippen molar-refractivity contribution in [3.8, 4) is 11.8 Å². The molecule has 1 aromatic rings. The van der Waals surface area contributed by atoms with Crippen LogP contribution < -0.4 is 15.2 Å². The van der Waals surface area contributed by atoms with Crippen molar-refractivity contribution in [1.29, 1.82) is 0 Å². The molecule has 7 nitrogen and oxygen atoms in total. The van der Waals surface area contributed by atoms with E-state index < -0.39 is 6.09 Å². The molecule has 1 rings (SSSR count). The first-order chi connectivity index (χ1) is 6.72. The van der Waals surface area contributed by atoms with Crippen molar-refractivity contribution >= 4 is 6.09 Å². The summed E-state index contributed by atoms with van der Waals surface area (Å²) >= 11 is 0. The lowest BCUT2D eigenvalue weighted by Crippen LogP contribution is -2.16. The molecule has 0 fully saturated rings. The Bertz CT molecular complexity index is 300. The Morgan fingerprint density at radius 2 is 2.14 bits per heavy atom. The average molecular weight is 199 g/mol. The first kappa shape index (κ1) is 10.2. The number of ether oxygens (including phenoxy) is 2. The lowest BCUT2D eigenvalue weighted by Gasteiger charge is -2.02. The predicted molar refractivity (Wildman–Crippen MR) is 44.8 cm³/mol. The number of hydrogen-bond acceptors (Lipinski definition) is 6. The number of amides is 1. The van der Waals surface area contributed by atoms with Crippen molar-refractivity contribution in [3.05, 3.63) is 12.4 Å². The fourth-order valence-electron chi connectivity index (χ4n) is 0.685. The maximum Gasteiger partial charge on any atom is 0.410 e. The van der Waals surface area contributed by atoms with Gasteiger partial charge in [-0.1, -0.05) is 0 Å². The van der Waals surface area contributed by atoms with Crippen molar-refractivity contribution in [2.45, 2.75) is 0 Å². The molecule has 0 aliphatic heterocycles. The highest BCUT2D eigenvalue weighted by Crippen LogP contribution is 2.09. The first-order valence-corrected chi connectivity index (χ1v) is 3.75. The smallest absolute Gasteiger partial charge is 0.410 e. The highest BCUT2D eigenvalue weighted by Gasteiger charge is 2.01. The highest BCUT2D eigenvalue weighted by atomic mass is 16.5. The minimum atomic E-state index is -0.933. The number of carbonyl (C=O) groups excluding carboxylic acids is 1. The molecule has 1 aromatic heterocycles. The van der Waals surface area contributed by atoms with Gasteiger partial charge in [0.25, 0.3) is 0 Å². The Kier molecular flexibility index (Phi) is 3.62. The molecule has 0 saturated heterocycles. The van der Waals surface area contributed by atoms with E-state index in [0.29, 0.717) is 0 Å². The van der Waals surface area contributed by atoms with Gasteiger partial charge in [0.1, 0.15) is 6.61 Å². The van der Waals surface area contributed by atoms with Crippen LogP contribution in [0.25, 0.3) is 0 Å². The molecule has 0 aromatic carbocycles. The monoisotopic (exact) mass is 199 g/mol. The van der Waals surface area contributed by atoms with Crippen LogP contribution in [0.4, 0.5) is 4.79 Å². The highest BCUT2D eigenvalue weighted by molar-refractivity contribution is 5.67. The van der Waals surface area contributed by atoms with Crippen LogP contribution in [-0.2, 0) is 0 Å². The van der Waals surface area contributed by atoms with Crippen molar-refractivity contribution in [1.82, 2.24) is 9.97 Å². The van der Waals surface area contributed by atoms with Gasteiger partial charge < -0.3 is 20.3 Å². The van der Waals surface area contributed by atoms with Gasteiger partial charge in [0.05, 0.1) is 19.0 Å². The molecule has 0 spiro atoms. The van der Waals surface area contributed by atoms with Crippen LogP contribution in [0.5, 0.6) is 11.8 Å². The molecule has 1 amide bonds. The van der Waals surface area contributed by atoms with E-state index >= 15 is 0 Å². The summed E-state index contributed by atoms with van der Waals surface area (Å²) in [5.74, 6) is 0.133. The minimum Gasteiger partial charge on any atom is -0.461 e. The van der Waals surface area contributed by atoms with Crippen LogP contribution in [-0.4, -0.2) is 34.4 Å². The van der Waals surface area contributed by atoms with E-state index in [1.165, 1.54) is 12.4 Å². The summed E-state index contributed by atoms with van der Waals surface area (Å²) in [6.07, 6.45) is 1.55. The molecule has 76 valence electrons. The van der Waals surface area contributed by atoms with Crippen LogP contribution in [0.2, 0.25) is 0 Å². The summed E-state index contributed by atoms with van der Waals surface area (Å²) in [5.41, 5.74) is 4.76. The van der Waals surface area contributed by atoms with Gasteiger partial charge in [-0.25, -0.2) is 4.79 Å². The van der Waals surface area contributed by atoms with E-state index in [1.54, 1.807) is 0 Å². The van der Waals surface area contributed by atoms with Gasteiger partial charge in [-0.15, -0.1) is 0 Å². The van der Waals surface area contributed by atoms with Gasteiger partial charge in [0.2, 0.25) is 0 Å². The SMILES string of the molecule is NC(=O)Oc1cnc(OCCO)nc1. The summed E-state index contributed by atoms with van der Waals surface area (Å²) in [7, 11) is 0. The molecule has 7 heteroatoms. The second-order valence-electron chi connectivity index (χ2n) is 2.19. The van der Waals surface area contributed by atoms with Crippen LogP contribution >= 0.6 is 0 Å². The molecular weight excluding hydrogens is 190 g/mol. The van der Waals surface area contributed by atoms with Crippen molar-refractivity contribution in [3.63, 3.8) is 0 Å². The number of rotatable bonds is 4. The zero-order valence-electron chi connectivity index (χ0n) is 7.21. The van der Waals surface area contributed by atoms with Gasteiger partial charge in [-0.3, -0.25) is 0 Å². The van der Waals surface area contributed by atoms with E-state index in [1.807, 2.05) is 0 Å². The maximum atomic E-state index is 10.3. The normalized spacial score (nSPS) is 9.50. The number of aliphatic hydroxyl groups is 1. The number of primary amides is 1. The lowest BCUT2D eigenvalue weighted by molar-refractivity contribution is 0.190. The minimum absolute atomic E-state index is 0.0934. The molecule has 0 atom stereocenters. The van der Waals surface area contributed by atoms with Crippen LogP contribution in [0, 0.1) is 0 Å². The zero-order valence-corrected chi connectivity index (χ0v) is 7.21. The number of aromatic nitrogens is 2. The second kappa shape index (κ2) is 4.97. The molecule has 0 bridgehead atoms. The fraction of sp³-hybridized carbons (Fsp3) is 0.286. The third-order valence-corrected chi connectivity index (χ3v) is 1.15. The van der Waals surface area contributed by atoms with Crippen molar-refractivity contribution in [2.24, 2.45) is 5.73 Å². The Morgan fingerprint density at radius 1 is 1.50 bits per heavy atom. The largest absolute Gasteiger partial charge is 0.461 e. The molecule has 0 saturated carbocycles. The molecule has 14 heavy (non-hydrogen) atoms. The third-order valence-electron chi connectivity index (χ3n) is 1.15. The van der Waals surface area contributed by atoms with Crippen LogP contribution in [0.3, 0.4) is 0 Å². The third kappa shape index (κ3) is 3.23. The van der Waals surface area contributed by atoms with Gasteiger partial charge in [0, 0.05) is 0 Å². The average Bonchev–Trinajstić information content (AvgIpc) is 2.16. The summed E-state index contributed by atoms with van der Waals surface area (Å²) < 4.78 is 9.35. The number of hydrogen-bond donors (Lipinski definition) is 2. The second-order valence-corrected chi connectivity index (χ2v) is 2.19. The fourth-order valence-corrected chi connectivity index (χ4v) is 0.685. The van der Waals surface area contributed by atoms with Crippen molar-refractivity contribution in [2.75, 3.05) is 13.2 Å². The van der Waals surface area contributed by atoms with E-state index in [0.717, 1.165) is 0 Å². The van der Waals surface area contributed by atoms with Gasteiger partial charge in [-0.05, 0) is 0 Å². The summed E-state index contributed by atoms with van der Waals surface area (Å²) in [4.78, 5) is 17.7. The van der Waals surface area contributed by atoms with Gasteiger partial charge in [0.15, 0.2) is 5.75 Å². The molecule has 1 heterocycles. The summed E-state index contributed by atoms with van der Waals surface area (Å²) in [6.45, 7) is -0.0150. The Morgan fingerprint density at radius 3 is 2.64 bits per heavy atom. The molecule has 0 unspecified atom stereocenters. The van der Waals surface area contributed by atoms with E-state index in [-0.39, 0.29) is 25.0 Å². The van der Waals surface area contributed by atoms with Crippen LogP contribution in [0.1, 0.15) is 0 Å². The molecule has 3 N–H and O–H groups in total. The Hall–Kier alpha value is -1.89. The number of carbonyl (C=O) groups is 1. The molecule has 0 radical (unpaired) electrons. The van der Waals surface area contributed by atoms with E-state index in [2.05, 4.69) is 14.7 Å².